The van der Waals surface area contributed by atoms with Gasteiger partial charge in [-0.05, 0) is 55.8 Å². The average Bonchev–Trinajstić information content (AvgIpc) is 2.66. The molecule has 0 aromatic heterocycles. The Hall–Kier alpha value is -2.73. The van der Waals surface area contributed by atoms with Crippen LogP contribution >= 0.6 is 11.6 Å². The van der Waals surface area contributed by atoms with Gasteiger partial charge in [-0.25, -0.2) is 0 Å². The second-order valence-electron chi connectivity index (χ2n) is 5.98. The minimum absolute atomic E-state index is 0.0617. The first-order valence-corrected chi connectivity index (χ1v) is 9.25. The molecule has 7 heteroatoms. The molecule has 2 aromatic carbocycles. The van der Waals surface area contributed by atoms with E-state index in [2.05, 4.69) is 20.9 Å². The van der Waals surface area contributed by atoms with E-state index in [0.717, 1.165) is 12.1 Å². The number of amides is 1. The summed E-state index contributed by atoms with van der Waals surface area (Å²) in [6.45, 7) is 5.62. The van der Waals surface area contributed by atoms with Crippen molar-refractivity contribution in [2.75, 3.05) is 19.6 Å². The fourth-order valence-electron chi connectivity index (χ4n) is 2.41. The molecule has 0 aliphatic heterocycles. The van der Waals surface area contributed by atoms with E-state index >= 15 is 0 Å². The highest BCUT2D eigenvalue weighted by Gasteiger charge is 2.08. The largest absolute Gasteiger partial charge is 0.508 e. The molecule has 0 fully saturated rings. The van der Waals surface area contributed by atoms with Crippen LogP contribution in [0.3, 0.4) is 0 Å². The van der Waals surface area contributed by atoms with Crippen molar-refractivity contribution >= 4 is 23.5 Å². The van der Waals surface area contributed by atoms with Gasteiger partial charge in [-0.15, -0.1) is 0 Å². The van der Waals surface area contributed by atoms with E-state index in [4.69, 9.17) is 11.6 Å². The van der Waals surface area contributed by atoms with Crippen molar-refractivity contribution in [1.82, 2.24) is 16.0 Å². The third-order valence-corrected chi connectivity index (χ3v) is 4.12. The number of halogens is 1. The van der Waals surface area contributed by atoms with Crippen molar-refractivity contribution in [3.8, 4) is 5.75 Å². The number of guanidine groups is 1. The summed E-state index contributed by atoms with van der Waals surface area (Å²) in [6.07, 6.45) is 0. The van der Waals surface area contributed by atoms with E-state index in [1.165, 1.54) is 12.1 Å². The van der Waals surface area contributed by atoms with Crippen LogP contribution in [0.2, 0.25) is 5.02 Å². The van der Waals surface area contributed by atoms with Crippen LogP contribution in [-0.2, 0) is 0 Å². The molecule has 1 unspecified atom stereocenters. The van der Waals surface area contributed by atoms with Crippen molar-refractivity contribution in [3.63, 3.8) is 0 Å². The number of hydrogen-bond donors (Lipinski definition) is 4. The summed E-state index contributed by atoms with van der Waals surface area (Å²) in [5, 5.41) is 19.3. The van der Waals surface area contributed by atoms with E-state index in [1.807, 2.05) is 38.1 Å². The molecule has 27 heavy (non-hydrogen) atoms. The normalized spacial score (nSPS) is 12.3. The van der Waals surface area contributed by atoms with Crippen molar-refractivity contribution in [2.45, 2.75) is 19.9 Å². The molecule has 1 atom stereocenters. The van der Waals surface area contributed by atoms with Crippen LogP contribution in [0.4, 0.5) is 0 Å². The van der Waals surface area contributed by atoms with Crippen LogP contribution < -0.4 is 16.0 Å². The van der Waals surface area contributed by atoms with E-state index in [-0.39, 0.29) is 17.7 Å². The Balaban J connectivity index is 1.86. The van der Waals surface area contributed by atoms with Crippen molar-refractivity contribution in [3.05, 3.63) is 64.7 Å². The maximum atomic E-state index is 12.0. The molecule has 0 bridgehead atoms. The van der Waals surface area contributed by atoms with Gasteiger partial charge in [0.25, 0.3) is 5.91 Å². The molecular formula is C20H25ClN4O2. The predicted octanol–water partition coefficient (Wildman–Crippen LogP) is 3.09. The minimum Gasteiger partial charge on any atom is -0.508 e. The van der Waals surface area contributed by atoms with Gasteiger partial charge in [-0.2, -0.15) is 0 Å². The molecule has 0 aliphatic carbocycles. The topological polar surface area (TPSA) is 85.8 Å². The van der Waals surface area contributed by atoms with Crippen molar-refractivity contribution in [2.24, 2.45) is 4.99 Å². The summed E-state index contributed by atoms with van der Waals surface area (Å²) in [6, 6.07) is 13.8. The fourth-order valence-corrected chi connectivity index (χ4v) is 2.54. The highest BCUT2D eigenvalue weighted by atomic mass is 35.5. The summed E-state index contributed by atoms with van der Waals surface area (Å²) < 4.78 is 0. The molecule has 6 nitrogen and oxygen atoms in total. The number of nitrogens with zero attached hydrogens (tertiary/aromatic N) is 1. The Morgan fingerprint density at radius 1 is 1.11 bits per heavy atom. The lowest BCUT2D eigenvalue weighted by molar-refractivity contribution is 0.0955. The number of hydrogen-bond acceptors (Lipinski definition) is 3. The summed E-state index contributed by atoms with van der Waals surface area (Å²) in [5.41, 5.74) is 1.60. The molecule has 0 saturated carbocycles. The van der Waals surface area contributed by atoms with Crippen LogP contribution in [0.15, 0.2) is 53.5 Å². The molecule has 4 N–H and O–H groups in total. The minimum atomic E-state index is -0.197. The smallest absolute Gasteiger partial charge is 0.251 e. The Bertz CT molecular complexity index is 761. The van der Waals surface area contributed by atoms with E-state index < -0.39 is 0 Å². The molecule has 2 aromatic rings. The quantitative estimate of drug-likeness (QED) is 0.333. The Labute approximate surface area is 164 Å². The zero-order valence-electron chi connectivity index (χ0n) is 15.5. The van der Waals surface area contributed by atoms with E-state index in [1.54, 1.807) is 12.1 Å². The number of aromatic hydroxyl groups is 1. The maximum absolute atomic E-state index is 12.0. The molecule has 0 spiro atoms. The summed E-state index contributed by atoms with van der Waals surface area (Å²) in [7, 11) is 0. The first-order chi connectivity index (χ1) is 13.0. The third-order valence-electron chi connectivity index (χ3n) is 3.86. The number of benzene rings is 2. The number of carbonyl (C=O) groups is 1. The van der Waals surface area contributed by atoms with Gasteiger partial charge < -0.3 is 21.1 Å². The molecule has 0 heterocycles. The number of rotatable bonds is 7. The van der Waals surface area contributed by atoms with Crippen LogP contribution in [-0.4, -0.2) is 36.6 Å². The number of phenolic OH excluding ortho intramolecular Hbond substituents is 1. The van der Waals surface area contributed by atoms with E-state index in [9.17, 15) is 9.90 Å². The summed E-state index contributed by atoms with van der Waals surface area (Å²) in [4.78, 5) is 16.5. The van der Waals surface area contributed by atoms with E-state index in [0.29, 0.717) is 29.6 Å². The number of carbonyl (C=O) groups excluding carboxylic acids is 1. The number of nitrogens with one attached hydrogen (secondary N) is 3. The first-order valence-electron chi connectivity index (χ1n) is 8.87. The van der Waals surface area contributed by atoms with Gasteiger partial charge in [0.05, 0.1) is 12.6 Å². The zero-order valence-corrected chi connectivity index (χ0v) is 16.3. The molecule has 0 radical (unpaired) electrons. The predicted molar refractivity (Wildman–Crippen MR) is 109 cm³/mol. The first kappa shape index (κ1) is 20.6. The molecule has 0 saturated heterocycles. The van der Waals surface area contributed by atoms with Crippen LogP contribution in [0, 0.1) is 0 Å². The zero-order chi connectivity index (χ0) is 19.6. The van der Waals surface area contributed by atoms with Crippen LogP contribution in [0.5, 0.6) is 5.75 Å². The van der Waals surface area contributed by atoms with Gasteiger partial charge in [0.15, 0.2) is 5.96 Å². The maximum Gasteiger partial charge on any atom is 0.251 e. The van der Waals surface area contributed by atoms with Gasteiger partial charge >= 0.3 is 0 Å². The van der Waals surface area contributed by atoms with Gasteiger partial charge in [-0.1, -0.05) is 23.7 Å². The monoisotopic (exact) mass is 388 g/mol. The lowest BCUT2D eigenvalue weighted by Gasteiger charge is -2.18. The summed E-state index contributed by atoms with van der Waals surface area (Å²) >= 11 is 5.93. The van der Waals surface area contributed by atoms with Gasteiger partial charge in [-0.3, -0.25) is 9.79 Å². The lowest BCUT2D eigenvalue weighted by atomic mass is 10.1. The average molecular weight is 389 g/mol. The van der Waals surface area contributed by atoms with Crippen molar-refractivity contribution in [1.29, 1.82) is 0 Å². The Morgan fingerprint density at radius 2 is 1.78 bits per heavy atom. The van der Waals surface area contributed by atoms with Crippen molar-refractivity contribution < 1.29 is 9.90 Å². The standard InChI is InChI=1S/C20H25ClN4O2/c1-3-22-20(25-14(2)15-4-8-17(21)9-5-15)24-13-12-23-19(27)16-6-10-18(26)11-7-16/h4-11,14,26H,3,12-13H2,1-2H3,(H,23,27)(H2,22,24,25). The number of phenols is 1. The van der Waals surface area contributed by atoms with Crippen LogP contribution in [0.1, 0.15) is 35.8 Å². The SMILES string of the molecule is CCNC(=NCCNC(=O)c1ccc(O)cc1)NC(C)c1ccc(Cl)cc1. The molecule has 2 rings (SSSR count). The number of aliphatic imine (C=N–C) groups is 1. The van der Waals surface area contributed by atoms with Crippen LogP contribution in [0.25, 0.3) is 0 Å². The molecular weight excluding hydrogens is 364 g/mol. The van der Waals surface area contributed by atoms with Gasteiger partial charge in [0, 0.05) is 23.7 Å². The second kappa shape index (κ2) is 10.4. The molecule has 1 amide bonds. The molecule has 0 aliphatic rings. The fraction of sp³-hybridized carbons (Fsp3) is 0.300. The second-order valence-corrected chi connectivity index (χ2v) is 6.42. The summed E-state index contributed by atoms with van der Waals surface area (Å²) in [5.74, 6) is 0.615. The van der Waals surface area contributed by atoms with Gasteiger partial charge in [0.2, 0.25) is 0 Å². The van der Waals surface area contributed by atoms with Gasteiger partial charge in [0.1, 0.15) is 5.75 Å². The highest BCUT2D eigenvalue weighted by Crippen LogP contribution is 2.15. The highest BCUT2D eigenvalue weighted by molar-refractivity contribution is 6.30. The Morgan fingerprint density at radius 3 is 2.41 bits per heavy atom. The Kier molecular flexibility index (Phi) is 7.95. The third kappa shape index (κ3) is 6.83. The lowest BCUT2D eigenvalue weighted by Crippen LogP contribution is -2.39. The molecule has 144 valence electrons.